The van der Waals surface area contributed by atoms with Crippen LogP contribution in [0.2, 0.25) is 5.02 Å². The van der Waals surface area contributed by atoms with Crippen molar-refractivity contribution in [3.05, 3.63) is 52.5 Å². The van der Waals surface area contributed by atoms with Gasteiger partial charge in [0.1, 0.15) is 18.0 Å². The fourth-order valence-electron chi connectivity index (χ4n) is 2.50. The molecule has 1 N–H and O–H groups in total. The molecule has 0 heterocycles. The lowest BCUT2D eigenvalue weighted by molar-refractivity contribution is -0.119. The van der Waals surface area contributed by atoms with Gasteiger partial charge in [-0.05, 0) is 36.8 Å². The average molecular weight is 440 g/mol. The minimum atomic E-state index is -3.72. The number of aryl methyl sites for hydroxylation is 1. The first-order chi connectivity index (χ1) is 13.7. The number of carbonyl (C=O) groups is 1. The molecule has 0 aliphatic carbocycles. The standard InChI is InChI=1S/C19H22ClN3O5S/c1-13-5-7-15(20)9-17(13)23(29(4,25)26)12-19(24)22-21-11-14-6-8-16(27-2)10-18(14)28-3/h5-11H,12H2,1-4H3,(H,22,24)/b21-11-. The van der Waals surface area contributed by atoms with E-state index < -0.39 is 22.5 Å². The third-order valence-corrected chi connectivity index (χ3v) is 5.32. The van der Waals surface area contributed by atoms with Crippen molar-refractivity contribution in [3.63, 3.8) is 0 Å². The molecule has 0 radical (unpaired) electrons. The molecule has 0 unspecified atom stereocenters. The second kappa shape index (κ2) is 9.62. The molecule has 0 atom stereocenters. The highest BCUT2D eigenvalue weighted by molar-refractivity contribution is 7.92. The quantitative estimate of drug-likeness (QED) is 0.503. The summed E-state index contributed by atoms with van der Waals surface area (Å²) < 4.78 is 35.8. The number of methoxy groups -OCH3 is 2. The van der Waals surface area contributed by atoms with Gasteiger partial charge in [-0.3, -0.25) is 9.10 Å². The lowest BCUT2D eigenvalue weighted by atomic mass is 10.2. The Balaban J connectivity index is 2.15. The number of ether oxygens (including phenoxy) is 2. The Labute approximate surface area is 175 Å². The van der Waals surface area contributed by atoms with Crippen LogP contribution < -0.4 is 19.2 Å². The molecule has 0 aromatic heterocycles. The zero-order valence-corrected chi connectivity index (χ0v) is 18.0. The maximum atomic E-state index is 12.3. The molecule has 2 aromatic carbocycles. The summed E-state index contributed by atoms with van der Waals surface area (Å²) in [6.07, 6.45) is 2.41. The van der Waals surface area contributed by atoms with E-state index >= 15 is 0 Å². The molecule has 29 heavy (non-hydrogen) atoms. The van der Waals surface area contributed by atoms with Crippen LogP contribution in [0.4, 0.5) is 5.69 Å². The first-order valence-electron chi connectivity index (χ1n) is 8.43. The third-order valence-electron chi connectivity index (χ3n) is 3.96. The second-order valence-electron chi connectivity index (χ2n) is 6.10. The molecule has 0 aliphatic heterocycles. The molecule has 0 saturated heterocycles. The van der Waals surface area contributed by atoms with Crippen molar-refractivity contribution >= 4 is 39.4 Å². The van der Waals surface area contributed by atoms with Gasteiger partial charge in [-0.25, -0.2) is 13.8 Å². The summed E-state index contributed by atoms with van der Waals surface area (Å²) in [5, 5.41) is 4.25. The number of hydrazone groups is 1. The van der Waals surface area contributed by atoms with E-state index in [1.807, 2.05) is 0 Å². The number of nitrogens with one attached hydrogen (secondary N) is 1. The Hall–Kier alpha value is -2.78. The highest BCUT2D eigenvalue weighted by Gasteiger charge is 2.22. The van der Waals surface area contributed by atoms with Gasteiger partial charge in [0, 0.05) is 16.7 Å². The van der Waals surface area contributed by atoms with Crippen molar-refractivity contribution in [3.8, 4) is 11.5 Å². The van der Waals surface area contributed by atoms with Crippen molar-refractivity contribution in [1.82, 2.24) is 5.43 Å². The number of halogens is 1. The zero-order valence-electron chi connectivity index (χ0n) is 16.5. The molecule has 0 fully saturated rings. The molecule has 2 aromatic rings. The van der Waals surface area contributed by atoms with Crippen LogP contribution in [-0.4, -0.2) is 47.6 Å². The Morgan fingerprint density at radius 1 is 1.21 bits per heavy atom. The van der Waals surface area contributed by atoms with Crippen LogP contribution in [0.15, 0.2) is 41.5 Å². The molecule has 10 heteroatoms. The Morgan fingerprint density at radius 2 is 1.93 bits per heavy atom. The number of hydrogen-bond donors (Lipinski definition) is 1. The predicted molar refractivity (Wildman–Crippen MR) is 114 cm³/mol. The topological polar surface area (TPSA) is 97.3 Å². The number of carbonyl (C=O) groups excluding carboxylic acids is 1. The van der Waals surface area contributed by atoms with Gasteiger partial charge in [-0.15, -0.1) is 0 Å². The van der Waals surface area contributed by atoms with E-state index in [1.54, 1.807) is 37.3 Å². The third kappa shape index (κ3) is 6.10. The van der Waals surface area contributed by atoms with Crippen molar-refractivity contribution in [2.24, 2.45) is 5.10 Å². The number of rotatable bonds is 8. The van der Waals surface area contributed by atoms with Crippen molar-refractivity contribution in [2.45, 2.75) is 6.92 Å². The fourth-order valence-corrected chi connectivity index (χ4v) is 3.57. The SMILES string of the molecule is COc1ccc(/C=N\NC(=O)CN(c2cc(Cl)ccc2C)S(C)(=O)=O)c(OC)c1. The van der Waals surface area contributed by atoms with Crippen LogP contribution in [0.3, 0.4) is 0 Å². The van der Waals surface area contributed by atoms with E-state index in [-0.39, 0.29) is 0 Å². The van der Waals surface area contributed by atoms with Gasteiger partial charge in [-0.2, -0.15) is 5.10 Å². The van der Waals surface area contributed by atoms with E-state index in [4.69, 9.17) is 21.1 Å². The first-order valence-corrected chi connectivity index (χ1v) is 10.7. The van der Waals surface area contributed by atoms with Crippen molar-refractivity contribution in [1.29, 1.82) is 0 Å². The molecule has 1 amide bonds. The van der Waals surface area contributed by atoms with E-state index in [0.29, 0.717) is 33.3 Å². The number of amides is 1. The molecule has 8 nitrogen and oxygen atoms in total. The number of hydrogen-bond acceptors (Lipinski definition) is 6. The van der Waals surface area contributed by atoms with Gasteiger partial charge in [-0.1, -0.05) is 17.7 Å². The summed E-state index contributed by atoms with van der Waals surface area (Å²) >= 11 is 5.98. The van der Waals surface area contributed by atoms with Crippen LogP contribution in [0, 0.1) is 6.92 Å². The molecule has 2 rings (SSSR count). The highest BCUT2D eigenvalue weighted by Crippen LogP contribution is 2.26. The van der Waals surface area contributed by atoms with Gasteiger partial charge in [0.25, 0.3) is 5.91 Å². The normalized spacial score (nSPS) is 11.3. The first kappa shape index (κ1) is 22.5. The second-order valence-corrected chi connectivity index (χ2v) is 8.44. The van der Waals surface area contributed by atoms with Crippen molar-refractivity contribution < 1.29 is 22.7 Å². The number of nitrogens with zero attached hydrogens (tertiary/aromatic N) is 2. The molecule has 0 spiro atoms. The summed E-state index contributed by atoms with van der Waals surface area (Å²) in [7, 11) is -0.678. The summed E-state index contributed by atoms with van der Waals surface area (Å²) in [6, 6.07) is 9.94. The number of sulfonamides is 1. The Bertz CT molecular complexity index is 1020. The molecular formula is C19H22ClN3O5S. The van der Waals surface area contributed by atoms with Gasteiger partial charge in [0.2, 0.25) is 10.0 Å². The van der Waals surface area contributed by atoms with E-state index in [1.165, 1.54) is 26.5 Å². The number of benzene rings is 2. The summed E-state index contributed by atoms with van der Waals surface area (Å²) in [6.45, 7) is 1.28. The summed E-state index contributed by atoms with van der Waals surface area (Å²) in [5.74, 6) is 0.511. The smallest absolute Gasteiger partial charge is 0.260 e. The predicted octanol–water partition coefficient (Wildman–Crippen LogP) is 2.58. The minimum Gasteiger partial charge on any atom is -0.497 e. The zero-order chi connectivity index (χ0) is 21.6. The van der Waals surface area contributed by atoms with Gasteiger partial charge in [0.05, 0.1) is 32.4 Å². The van der Waals surface area contributed by atoms with E-state index in [9.17, 15) is 13.2 Å². The van der Waals surface area contributed by atoms with Crippen LogP contribution >= 0.6 is 11.6 Å². The molecule has 0 bridgehead atoms. The fraction of sp³-hybridized carbons (Fsp3) is 0.263. The molecule has 0 saturated carbocycles. The highest BCUT2D eigenvalue weighted by atomic mass is 35.5. The maximum absolute atomic E-state index is 12.3. The lowest BCUT2D eigenvalue weighted by Crippen LogP contribution is -2.39. The van der Waals surface area contributed by atoms with Crippen LogP contribution in [-0.2, 0) is 14.8 Å². The maximum Gasteiger partial charge on any atom is 0.260 e. The van der Waals surface area contributed by atoms with Crippen LogP contribution in [0.5, 0.6) is 11.5 Å². The van der Waals surface area contributed by atoms with E-state index in [2.05, 4.69) is 10.5 Å². The van der Waals surface area contributed by atoms with Crippen LogP contribution in [0.1, 0.15) is 11.1 Å². The largest absolute Gasteiger partial charge is 0.497 e. The molecular weight excluding hydrogens is 418 g/mol. The van der Waals surface area contributed by atoms with Crippen LogP contribution in [0.25, 0.3) is 0 Å². The summed E-state index contributed by atoms with van der Waals surface area (Å²) in [5.41, 5.74) is 3.93. The Kier molecular flexibility index (Phi) is 7.46. The van der Waals surface area contributed by atoms with Gasteiger partial charge < -0.3 is 9.47 Å². The monoisotopic (exact) mass is 439 g/mol. The average Bonchev–Trinajstić information content (AvgIpc) is 2.67. The molecule has 0 aliphatic rings. The molecule has 156 valence electrons. The van der Waals surface area contributed by atoms with Gasteiger partial charge in [0.15, 0.2) is 0 Å². The summed E-state index contributed by atoms with van der Waals surface area (Å²) in [4.78, 5) is 12.3. The van der Waals surface area contributed by atoms with Crippen molar-refractivity contribution in [2.75, 3.05) is 31.3 Å². The van der Waals surface area contributed by atoms with Gasteiger partial charge >= 0.3 is 0 Å². The number of anilines is 1. The van der Waals surface area contributed by atoms with E-state index in [0.717, 1.165) is 10.6 Å². The lowest BCUT2D eigenvalue weighted by Gasteiger charge is -2.23. The minimum absolute atomic E-state index is 0.330. The Morgan fingerprint density at radius 3 is 2.55 bits per heavy atom.